The van der Waals surface area contributed by atoms with Gasteiger partial charge in [-0.15, -0.1) is 10.5 Å². The Labute approximate surface area is 98.9 Å². The molecule has 88 valence electrons. The van der Waals surface area contributed by atoms with E-state index in [9.17, 15) is 10.2 Å². The smallest absolute Gasteiger partial charge is 0.101 e. The van der Waals surface area contributed by atoms with E-state index >= 15 is 0 Å². The molecule has 4 atom stereocenters. The van der Waals surface area contributed by atoms with Crippen LogP contribution in [0, 0.1) is 5.92 Å². The molecule has 1 heterocycles. The van der Waals surface area contributed by atoms with E-state index in [0.29, 0.717) is 0 Å². The van der Waals surface area contributed by atoms with E-state index < -0.39 is 12.2 Å². The van der Waals surface area contributed by atoms with Gasteiger partial charge in [0, 0.05) is 0 Å². The highest BCUT2D eigenvalue weighted by Crippen LogP contribution is 2.38. The zero-order valence-electron chi connectivity index (χ0n) is 9.47. The molecule has 1 aliphatic heterocycles. The van der Waals surface area contributed by atoms with Crippen LogP contribution in [0.2, 0.25) is 0 Å². The summed E-state index contributed by atoms with van der Waals surface area (Å²) in [5.74, 6) is 4.18. The predicted molar refractivity (Wildman–Crippen MR) is 70.4 cm³/mol. The van der Waals surface area contributed by atoms with Crippen molar-refractivity contribution >= 4 is 16.4 Å². The molecule has 2 N–H and O–H groups in total. The van der Waals surface area contributed by atoms with Crippen LogP contribution in [0.25, 0.3) is 0 Å². The molecule has 0 aromatic carbocycles. The molecule has 0 spiro atoms. The Morgan fingerprint density at radius 1 is 1.50 bits per heavy atom. The van der Waals surface area contributed by atoms with Gasteiger partial charge >= 0.3 is 0 Å². The quantitative estimate of drug-likeness (QED) is 0.572. The van der Waals surface area contributed by atoms with Gasteiger partial charge in [-0.1, -0.05) is 24.1 Å². The van der Waals surface area contributed by atoms with Crippen LogP contribution in [0.3, 0.4) is 0 Å². The second kappa shape index (κ2) is 4.70. The first-order valence-corrected chi connectivity index (χ1v) is 6.98. The Kier molecular flexibility index (Phi) is 3.47. The highest BCUT2D eigenvalue weighted by Gasteiger charge is 2.31. The molecule has 16 heavy (non-hydrogen) atoms. The SMILES string of the molecule is C=S1C=CC=C1C[C@@H]1CC=C(C)[C@@H](O)[C@@H]1O. The fourth-order valence-electron chi connectivity index (χ4n) is 2.18. The summed E-state index contributed by atoms with van der Waals surface area (Å²) in [6, 6.07) is 0. The lowest BCUT2D eigenvalue weighted by Crippen LogP contribution is -2.37. The highest BCUT2D eigenvalue weighted by molar-refractivity contribution is 8.20. The Bertz CT molecular complexity index is 393. The molecule has 2 rings (SSSR count). The van der Waals surface area contributed by atoms with Crippen molar-refractivity contribution in [3.8, 4) is 0 Å². The van der Waals surface area contributed by atoms with Crippen LogP contribution in [-0.4, -0.2) is 28.3 Å². The van der Waals surface area contributed by atoms with Crippen molar-refractivity contribution in [2.75, 3.05) is 0 Å². The van der Waals surface area contributed by atoms with Gasteiger partial charge in [-0.25, -0.2) is 0 Å². The van der Waals surface area contributed by atoms with Crippen LogP contribution in [-0.2, 0) is 0 Å². The number of aliphatic hydroxyl groups is 2. The van der Waals surface area contributed by atoms with Crippen molar-refractivity contribution in [1.82, 2.24) is 0 Å². The molecule has 0 amide bonds. The number of aliphatic hydroxyl groups excluding tert-OH is 2. The Hall–Kier alpha value is -0.640. The normalized spacial score (nSPS) is 38.4. The van der Waals surface area contributed by atoms with Gasteiger partial charge in [0.25, 0.3) is 0 Å². The van der Waals surface area contributed by atoms with Gasteiger partial charge in [-0.3, -0.25) is 0 Å². The van der Waals surface area contributed by atoms with Gasteiger partial charge in [-0.2, -0.15) is 0 Å². The van der Waals surface area contributed by atoms with Crippen molar-refractivity contribution in [3.63, 3.8) is 0 Å². The second-order valence-corrected chi connectivity index (χ2v) is 6.13. The van der Waals surface area contributed by atoms with Crippen molar-refractivity contribution in [3.05, 3.63) is 34.1 Å². The first-order valence-electron chi connectivity index (χ1n) is 5.52. The summed E-state index contributed by atoms with van der Waals surface area (Å²) in [7, 11) is -0.0301. The van der Waals surface area contributed by atoms with Crippen LogP contribution in [0.15, 0.2) is 34.1 Å². The minimum atomic E-state index is -0.694. The first-order chi connectivity index (χ1) is 7.59. The lowest BCUT2D eigenvalue weighted by molar-refractivity contribution is -0.00372. The molecular formula is C13H18O2S. The van der Waals surface area contributed by atoms with Crippen LogP contribution in [0.4, 0.5) is 0 Å². The number of hydrogen-bond acceptors (Lipinski definition) is 2. The van der Waals surface area contributed by atoms with Crippen molar-refractivity contribution in [1.29, 1.82) is 0 Å². The number of allylic oxidation sites excluding steroid dienone is 4. The fraction of sp³-hybridized carbons (Fsp3) is 0.462. The van der Waals surface area contributed by atoms with E-state index in [1.54, 1.807) is 0 Å². The Morgan fingerprint density at radius 3 is 2.88 bits per heavy atom. The first kappa shape index (κ1) is 11.8. The Morgan fingerprint density at radius 2 is 2.25 bits per heavy atom. The average molecular weight is 238 g/mol. The molecule has 0 radical (unpaired) electrons. The topological polar surface area (TPSA) is 40.5 Å². The summed E-state index contributed by atoms with van der Waals surface area (Å²) in [4.78, 5) is 1.28. The third-order valence-corrected chi connectivity index (χ3v) is 4.80. The molecular weight excluding hydrogens is 220 g/mol. The third kappa shape index (κ3) is 2.21. The summed E-state index contributed by atoms with van der Waals surface area (Å²) in [6.07, 6.45) is 6.49. The van der Waals surface area contributed by atoms with Gasteiger partial charge in [-0.05, 0) is 41.6 Å². The molecule has 0 aromatic rings. The molecule has 2 aliphatic rings. The average Bonchev–Trinajstić information content (AvgIpc) is 2.65. The van der Waals surface area contributed by atoms with E-state index in [2.05, 4.69) is 17.4 Å². The molecule has 3 heteroatoms. The third-order valence-electron chi connectivity index (χ3n) is 3.34. The minimum absolute atomic E-state index is 0.0301. The van der Waals surface area contributed by atoms with Crippen molar-refractivity contribution < 1.29 is 10.2 Å². The molecule has 1 unspecified atom stereocenters. The zero-order chi connectivity index (χ0) is 11.7. The molecule has 1 aliphatic carbocycles. The number of hydrogen-bond donors (Lipinski definition) is 2. The maximum absolute atomic E-state index is 10.00. The van der Waals surface area contributed by atoms with E-state index in [4.69, 9.17) is 0 Å². The molecule has 0 bridgehead atoms. The highest BCUT2D eigenvalue weighted by atomic mass is 32.2. The zero-order valence-corrected chi connectivity index (χ0v) is 10.3. The molecule has 0 fully saturated rings. The molecule has 2 nitrogen and oxygen atoms in total. The van der Waals surface area contributed by atoms with E-state index in [1.807, 2.05) is 19.1 Å². The van der Waals surface area contributed by atoms with Gasteiger partial charge < -0.3 is 10.2 Å². The van der Waals surface area contributed by atoms with E-state index in [1.165, 1.54) is 4.91 Å². The van der Waals surface area contributed by atoms with Gasteiger partial charge in [0.1, 0.15) is 6.10 Å². The maximum atomic E-state index is 10.00. The molecule has 0 saturated heterocycles. The largest absolute Gasteiger partial charge is 0.390 e. The van der Waals surface area contributed by atoms with Crippen LogP contribution < -0.4 is 0 Å². The summed E-state index contributed by atoms with van der Waals surface area (Å²) in [6.45, 7) is 1.87. The second-order valence-electron chi connectivity index (χ2n) is 4.47. The standard InChI is InChI=1S/C13H18O2S/c1-9-5-6-10(13(15)12(9)14)8-11-4-3-7-16(11)2/h3-5,7,10,12-15H,2,6,8H2,1H3/t10-,12+,13+,16?/m0/s1. The van der Waals surface area contributed by atoms with Crippen LogP contribution in [0.1, 0.15) is 19.8 Å². The maximum Gasteiger partial charge on any atom is 0.101 e. The summed E-state index contributed by atoms with van der Waals surface area (Å²) >= 11 is 0. The molecule has 0 saturated carbocycles. The van der Waals surface area contributed by atoms with E-state index in [0.717, 1.165) is 18.4 Å². The predicted octanol–water partition coefficient (Wildman–Crippen LogP) is 2.18. The fourth-order valence-corrected chi connectivity index (χ4v) is 3.30. The van der Waals surface area contributed by atoms with E-state index in [-0.39, 0.29) is 16.4 Å². The summed E-state index contributed by atoms with van der Waals surface area (Å²) in [5.41, 5.74) is 0.885. The monoisotopic (exact) mass is 238 g/mol. The minimum Gasteiger partial charge on any atom is -0.390 e. The lowest BCUT2D eigenvalue weighted by Gasteiger charge is -2.31. The van der Waals surface area contributed by atoms with Crippen LogP contribution >= 0.6 is 10.5 Å². The van der Waals surface area contributed by atoms with Crippen molar-refractivity contribution in [2.24, 2.45) is 5.92 Å². The van der Waals surface area contributed by atoms with Gasteiger partial charge in [0.2, 0.25) is 0 Å². The summed E-state index contributed by atoms with van der Waals surface area (Å²) in [5, 5.41) is 21.9. The van der Waals surface area contributed by atoms with Gasteiger partial charge in [0.05, 0.1) is 6.10 Å². The summed E-state index contributed by atoms with van der Waals surface area (Å²) < 4.78 is 0. The Balaban J connectivity index is 2.04. The lowest BCUT2D eigenvalue weighted by atomic mass is 9.83. The van der Waals surface area contributed by atoms with Crippen molar-refractivity contribution in [2.45, 2.75) is 32.0 Å². The number of rotatable bonds is 2. The van der Waals surface area contributed by atoms with Crippen LogP contribution in [0.5, 0.6) is 0 Å². The molecule has 0 aromatic heterocycles. The van der Waals surface area contributed by atoms with Gasteiger partial charge in [0.15, 0.2) is 0 Å².